The Labute approximate surface area is 269 Å². The minimum absolute atomic E-state index is 0.609. The second-order valence-corrected chi connectivity index (χ2v) is 12.0. The molecule has 8 aromatic carbocycles. The summed E-state index contributed by atoms with van der Waals surface area (Å²) in [5.41, 5.74) is 4.47. The lowest BCUT2D eigenvalue weighted by Gasteiger charge is -2.10. The van der Waals surface area contributed by atoms with Crippen LogP contribution in [0.1, 0.15) is 0 Å². The van der Waals surface area contributed by atoms with Crippen LogP contribution in [0.4, 0.5) is 0 Å². The van der Waals surface area contributed by atoms with Gasteiger partial charge in [-0.3, -0.25) is 0 Å². The van der Waals surface area contributed by atoms with Crippen LogP contribution in [0.2, 0.25) is 0 Å². The van der Waals surface area contributed by atoms with Crippen molar-refractivity contribution >= 4 is 65.0 Å². The van der Waals surface area contributed by atoms with Crippen molar-refractivity contribution in [3.05, 3.63) is 152 Å². The first-order valence-corrected chi connectivity index (χ1v) is 15.8. The van der Waals surface area contributed by atoms with E-state index in [0.717, 1.165) is 60.2 Å². The molecule has 10 aromatic rings. The van der Waals surface area contributed by atoms with E-state index in [1.807, 2.05) is 12.1 Å². The quantitative estimate of drug-likeness (QED) is 0.190. The van der Waals surface area contributed by atoms with Crippen molar-refractivity contribution in [3.63, 3.8) is 0 Å². The van der Waals surface area contributed by atoms with Crippen LogP contribution in [-0.2, 0) is 0 Å². The molecule has 0 fully saturated rings. The van der Waals surface area contributed by atoms with Crippen molar-refractivity contribution in [2.45, 2.75) is 0 Å². The maximum absolute atomic E-state index is 6.69. The van der Waals surface area contributed by atoms with Gasteiger partial charge < -0.3 is 4.42 Å². The molecule has 0 bridgehead atoms. The Balaban J connectivity index is 1.25. The lowest BCUT2D eigenvalue weighted by molar-refractivity contribution is 0.673. The molecule has 0 aliphatic heterocycles. The lowest BCUT2D eigenvalue weighted by atomic mass is 9.98. The van der Waals surface area contributed by atoms with Gasteiger partial charge in [0, 0.05) is 32.8 Å². The molecule has 2 heterocycles. The fraction of sp³-hybridized carbons (Fsp3) is 0. The third kappa shape index (κ3) is 4.12. The van der Waals surface area contributed by atoms with E-state index in [4.69, 9.17) is 19.4 Å². The number of benzene rings is 8. The number of fused-ring (bicyclic) bond motifs is 9. The zero-order valence-corrected chi connectivity index (χ0v) is 25.2. The Morgan fingerprint density at radius 1 is 0.362 bits per heavy atom. The van der Waals surface area contributed by atoms with E-state index in [1.54, 1.807) is 0 Å². The van der Waals surface area contributed by atoms with E-state index in [1.165, 1.54) is 21.5 Å². The summed E-state index contributed by atoms with van der Waals surface area (Å²) in [5, 5.41) is 11.3. The largest absolute Gasteiger partial charge is 0.455 e. The summed E-state index contributed by atoms with van der Waals surface area (Å²) >= 11 is 0. The van der Waals surface area contributed by atoms with Gasteiger partial charge >= 0.3 is 0 Å². The van der Waals surface area contributed by atoms with Gasteiger partial charge in [0.25, 0.3) is 0 Å². The SMILES string of the molecule is c1ccc2cc(-c3nc(-c4ccc5ccccc5c4)nc(-c4cccc5oc6c(ccc7ccc8ccccc8c76)c45)n3)ccc2c1. The van der Waals surface area contributed by atoms with Gasteiger partial charge in [-0.1, -0.05) is 127 Å². The third-order valence-corrected chi connectivity index (χ3v) is 9.26. The maximum Gasteiger partial charge on any atom is 0.164 e. The Morgan fingerprint density at radius 3 is 1.62 bits per heavy atom. The van der Waals surface area contributed by atoms with Crippen LogP contribution in [0.15, 0.2) is 156 Å². The molecule has 0 unspecified atom stereocenters. The minimum Gasteiger partial charge on any atom is -0.455 e. The first-order chi connectivity index (χ1) is 23.3. The summed E-state index contributed by atoms with van der Waals surface area (Å²) in [6.07, 6.45) is 0. The summed E-state index contributed by atoms with van der Waals surface area (Å²) in [5.74, 6) is 1.87. The molecule has 47 heavy (non-hydrogen) atoms. The van der Waals surface area contributed by atoms with Crippen LogP contribution in [0.5, 0.6) is 0 Å². The summed E-state index contributed by atoms with van der Waals surface area (Å²) in [7, 11) is 0. The zero-order valence-electron chi connectivity index (χ0n) is 25.2. The molecular formula is C43H25N3O. The fourth-order valence-electron chi connectivity index (χ4n) is 6.97. The second kappa shape index (κ2) is 10.1. The standard InChI is InChI=1S/C43H25N3O/c1-3-11-30-24-32(20-16-26(30)8-1)41-44-42(33-21-17-27-9-2-4-12-31(27)25-33)46-43(45-41)36-14-7-15-37-39(36)35-23-22-29-19-18-28-10-5-6-13-34(28)38(29)40(35)47-37/h1-25H. The molecule has 0 N–H and O–H groups in total. The molecule has 0 aliphatic carbocycles. The molecule has 0 atom stereocenters. The number of nitrogens with zero attached hydrogens (tertiary/aromatic N) is 3. The second-order valence-electron chi connectivity index (χ2n) is 12.0. The number of furan rings is 1. The molecule has 218 valence electrons. The molecule has 0 saturated heterocycles. The fourth-order valence-corrected chi connectivity index (χ4v) is 6.97. The first-order valence-electron chi connectivity index (χ1n) is 15.8. The van der Waals surface area contributed by atoms with E-state index >= 15 is 0 Å². The Hall–Kier alpha value is -6.39. The summed E-state index contributed by atoms with van der Waals surface area (Å²) in [4.78, 5) is 15.4. The Morgan fingerprint density at radius 2 is 0.915 bits per heavy atom. The minimum atomic E-state index is 0.609. The van der Waals surface area contributed by atoms with Crippen molar-refractivity contribution in [3.8, 4) is 34.2 Å². The van der Waals surface area contributed by atoms with Gasteiger partial charge in [-0.15, -0.1) is 0 Å². The number of hydrogen-bond acceptors (Lipinski definition) is 4. The Kier molecular flexibility index (Phi) is 5.54. The van der Waals surface area contributed by atoms with Crippen molar-refractivity contribution in [1.29, 1.82) is 0 Å². The van der Waals surface area contributed by atoms with Gasteiger partial charge in [0.1, 0.15) is 11.2 Å². The van der Waals surface area contributed by atoms with Gasteiger partial charge in [0.2, 0.25) is 0 Å². The monoisotopic (exact) mass is 599 g/mol. The van der Waals surface area contributed by atoms with Gasteiger partial charge in [0.05, 0.1) is 0 Å². The van der Waals surface area contributed by atoms with Gasteiger partial charge in [0.15, 0.2) is 17.5 Å². The van der Waals surface area contributed by atoms with E-state index < -0.39 is 0 Å². The molecule has 10 rings (SSSR count). The van der Waals surface area contributed by atoms with Gasteiger partial charge in [-0.25, -0.2) is 15.0 Å². The predicted molar refractivity (Wildman–Crippen MR) is 193 cm³/mol. The molecule has 2 aromatic heterocycles. The van der Waals surface area contributed by atoms with Crippen LogP contribution in [0.3, 0.4) is 0 Å². The smallest absolute Gasteiger partial charge is 0.164 e. The number of aromatic nitrogens is 3. The molecule has 0 spiro atoms. The van der Waals surface area contributed by atoms with Crippen molar-refractivity contribution < 1.29 is 4.42 Å². The molecule has 0 radical (unpaired) electrons. The summed E-state index contributed by atoms with van der Waals surface area (Å²) in [6, 6.07) is 52.8. The normalized spacial score (nSPS) is 11.8. The summed E-state index contributed by atoms with van der Waals surface area (Å²) < 4.78 is 6.69. The highest BCUT2D eigenvalue weighted by atomic mass is 16.3. The third-order valence-electron chi connectivity index (χ3n) is 9.26. The van der Waals surface area contributed by atoms with Crippen molar-refractivity contribution in [2.75, 3.05) is 0 Å². The van der Waals surface area contributed by atoms with E-state index in [2.05, 4.69) is 140 Å². The van der Waals surface area contributed by atoms with E-state index in [9.17, 15) is 0 Å². The van der Waals surface area contributed by atoms with Crippen LogP contribution in [0.25, 0.3) is 99.2 Å². The molecule has 4 nitrogen and oxygen atoms in total. The highest BCUT2D eigenvalue weighted by molar-refractivity contribution is 6.24. The van der Waals surface area contributed by atoms with Crippen molar-refractivity contribution in [2.24, 2.45) is 0 Å². The zero-order chi connectivity index (χ0) is 30.9. The predicted octanol–water partition coefficient (Wildman–Crippen LogP) is 11.4. The molecule has 0 saturated carbocycles. The first kappa shape index (κ1) is 25.9. The topological polar surface area (TPSA) is 51.8 Å². The highest BCUT2D eigenvalue weighted by Crippen LogP contribution is 2.41. The lowest BCUT2D eigenvalue weighted by Crippen LogP contribution is -2.00. The molecule has 0 aliphatic rings. The van der Waals surface area contributed by atoms with E-state index in [-0.39, 0.29) is 0 Å². The summed E-state index contributed by atoms with van der Waals surface area (Å²) in [6.45, 7) is 0. The number of hydrogen-bond donors (Lipinski definition) is 0. The van der Waals surface area contributed by atoms with Crippen LogP contribution in [-0.4, -0.2) is 15.0 Å². The van der Waals surface area contributed by atoms with Crippen LogP contribution in [0, 0.1) is 0 Å². The molecular weight excluding hydrogens is 574 g/mol. The number of rotatable bonds is 3. The van der Waals surface area contributed by atoms with Gasteiger partial charge in [-0.2, -0.15) is 0 Å². The highest BCUT2D eigenvalue weighted by Gasteiger charge is 2.20. The van der Waals surface area contributed by atoms with Crippen LogP contribution >= 0.6 is 0 Å². The molecule has 4 heteroatoms. The average molecular weight is 600 g/mol. The van der Waals surface area contributed by atoms with Gasteiger partial charge in [-0.05, 0) is 62.0 Å². The average Bonchev–Trinajstić information content (AvgIpc) is 3.53. The molecule has 0 amide bonds. The van der Waals surface area contributed by atoms with Crippen LogP contribution < -0.4 is 0 Å². The maximum atomic E-state index is 6.69. The Bertz CT molecular complexity index is 2770. The van der Waals surface area contributed by atoms with Crippen molar-refractivity contribution in [1.82, 2.24) is 15.0 Å². The van der Waals surface area contributed by atoms with E-state index in [0.29, 0.717) is 17.5 Å².